The quantitative estimate of drug-likeness (QED) is 0.505. The number of methoxy groups -OCH3 is 1. The van der Waals surface area contributed by atoms with Crippen molar-refractivity contribution in [2.75, 3.05) is 18.2 Å². The van der Waals surface area contributed by atoms with Crippen LogP contribution in [0.2, 0.25) is 5.02 Å². The van der Waals surface area contributed by atoms with E-state index >= 15 is 0 Å². The van der Waals surface area contributed by atoms with Gasteiger partial charge in [-0.3, -0.25) is 9.59 Å². The van der Waals surface area contributed by atoms with Gasteiger partial charge in [0.15, 0.2) is 0 Å². The summed E-state index contributed by atoms with van der Waals surface area (Å²) in [4.78, 5) is 24.2. The highest BCUT2D eigenvalue weighted by atomic mass is 35.5. The van der Waals surface area contributed by atoms with E-state index in [9.17, 15) is 14.0 Å². The Kier molecular flexibility index (Phi) is 7.26. The van der Waals surface area contributed by atoms with Crippen molar-refractivity contribution in [1.29, 1.82) is 0 Å². The Morgan fingerprint density at radius 3 is 2.80 bits per heavy atom. The van der Waals surface area contributed by atoms with Gasteiger partial charge in [0.25, 0.3) is 11.1 Å². The summed E-state index contributed by atoms with van der Waals surface area (Å²) < 4.78 is 24.1. The minimum absolute atomic E-state index is 0.00110. The fourth-order valence-corrected chi connectivity index (χ4v) is 3.11. The molecule has 0 saturated carbocycles. The van der Waals surface area contributed by atoms with E-state index < -0.39 is 11.7 Å². The average Bonchev–Trinajstić information content (AvgIpc) is 3.19. The molecule has 1 heterocycles. The molecule has 0 aliphatic carbocycles. The minimum Gasteiger partial charge on any atom is -0.495 e. The van der Waals surface area contributed by atoms with E-state index in [0.29, 0.717) is 16.5 Å². The van der Waals surface area contributed by atoms with E-state index in [2.05, 4.69) is 20.8 Å². The van der Waals surface area contributed by atoms with Crippen LogP contribution in [0, 0.1) is 5.82 Å². The van der Waals surface area contributed by atoms with Crippen LogP contribution in [0.5, 0.6) is 5.75 Å². The lowest BCUT2D eigenvalue weighted by Gasteiger charge is -2.09. The number of amides is 2. The molecule has 30 heavy (non-hydrogen) atoms. The molecule has 0 bridgehead atoms. The molecule has 0 aliphatic heterocycles. The van der Waals surface area contributed by atoms with E-state index in [1.165, 1.54) is 25.3 Å². The molecule has 0 spiro atoms. The number of aromatic nitrogens is 2. The molecular formula is C19H16ClFN4O4S. The molecule has 0 radical (unpaired) electrons. The summed E-state index contributed by atoms with van der Waals surface area (Å²) in [6, 6.07) is 10.5. The zero-order chi connectivity index (χ0) is 21.5. The summed E-state index contributed by atoms with van der Waals surface area (Å²) in [7, 11) is 1.48. The Morgan fingerprint density at radius 1 is 1.23 bits per heavy atom. The van der Waals surface area contributed by atoms with Gasteiger partial charge in [-0.1, -0.05) is 35.5 Å². The molecule has 0 aliphatic rings. The highest BCUT2D eigenvalue weighted by Crippen LogP contribution is 2.28. The van der Waals surface area contributed by atoms with Crippen LogP contribution in [0.1, 0.15) is 16.2 Å². The van der Waals surface area contributed by atoms with Crippen molar-refractivity contribution in [2.24, 2.45) is 0 Å². The Bertz CT molecular complexity index is 1060. The Labute approximate surface area is 180 Å². The second-order valence-electron chi connectivity index (χ2n) is 5.81. The lowest BCUT2D eigenvalue weighted by Crippen LogP contribution is -2.23. The number of halogens is 2. The zero-order valence-corrected chi connectivity index (χ0v) is 17.2. The van der Waals surface area contributed by atoms with Gasteiger partial charge in [-0.25, -0.2) is 4.39 Å². The first-order chi connectivity index (χ1) is 14.5. The van der Waals surface area contributed by atoms with Gasteiger partial charge in [-0.2, -0.15) is 0 Å². The number of carbonyl (C=O) groups excluding carboxylic acids is 2. The smallest absolute Gasteiger partial charge is 0.277 e. The monoisotopic (exact) mass is 450 g/mol. The molecule has 3 aromatic rings. The van der Waals surface area contributed by atoms with Gasteiger partial charge in [0.2, 0.25) is 11.8 Å². The number of anilines is 1. The first-order valence-corrected chi connectivity index (χ1v) is 9.94. The number of nitrogens with one attached hydrogen (secondary N) is 2. The van der Waals surface area contributed by atoms with Crippen LogP contribution in [0.15, 0.2) is 52.1 Å². The fraction of sp³-hybridized carbons (Fsp3) is 0.158. The third-order valence-corrected chi connectivity index (χ3v) is 4.78. The molecular weight excluding hydrogens is 435 g/mol. The minimum atomic E-state index is -0.626. The average molecular weight is 451 g/mol. The number of nitrogens with zero attached hydrogens (tertiary/aromatic N) is 2. The van der Waals surface area contributed by atoms with Gasteiger partial charge >= 0.3 is 0 Å². The van der Waals surface area contributed by atoms with Crippen molar-refractivity contribution in [3.8, 4) is 5.75 Å². The molecule has 2 N–H and O–H groups in total. The second-order valence-corrected chi connectivity index (χ2v) is 7.17. The topological polar surface area (TPSA) is 106 Å². The molecule has 2 amide bonds. The molecule has 11 heteroatoms. The van der Waals surface area contributed by atoms with Crippen LogP contribution in [-0.2, 0) is 11.3 Å². The van der Waals surface area contributed by atoms with Gasteiger partial charge in [0.1, 0.15) is 11.6 Å². The van der Waals surface area contributed by atoms with E-state index in [1.807, 2.05) is 0 Å². The van der Waals surface area contributed by atoms with E-state index in [4.69, 9.17) is 20.8 Å². The van der Waals surface area contributed by atoms with Crippen LogP contribution in [0.25, 0.3) is 0 Å². The number of ether oxygens (including phenoxy) is 1. The molecule has 8 nitrogen and oxygen atoms in total. The molecule has 0 fully saturated rings. The SMILES string of the molecule is COc1ccc(Cl)cc1NC(=O)CSc1nnc(CNC(=O)c2ccccc2F)o1. The van der Waals surface area contributed by atoms with Gasteiger partial charge in [-0.05, 0) is 30.3 Å². The summed E-state index contributed by atoms with van der Waals surface area (Å²) in [6.45, 7) is -0.0767. The van der Waals surface area contributed by atoms with Crippen molar-refractivity contribution in [2.45, 2.75) is 11.8 Å². The summed E-state index contributed by atoms with van der Waals surface area (Å²) in [5.41, 5.74) is 0.359. The molecule has 156 valence electrons. The van der Waals surface area contributed by atoms with Gasteiger partial charge in [0.05, 0.1) is 30.7 Å². The Morgan fingerprint density at radius 2 is 2.03 bits per heavy atom. The number of rotatable bonds is 8. The fourth-order valence-electron chi connectivity index (χ4n) is 2.36. The van der Waals surface area contributed by atoms with E-state index in [-0.39, 0.29) is 34.9 Å². The summed E-state index contributed by atoms with van der Waals surface area (Å²) >= 11 is 6.96. The largest absolute Gasteiger partial charge is 0.495 e. The van der Waals surface area contributed by atoms with Crippen molar-refractivity contribution in [3.63, 3.8) is 0 Å². The van der Waals surface area contributed by atoms with E-state index in [1.54, 1.807) is 24.3 Å². The maximum Gasteiger partial charge on any atom is 0.277 e. The van der Waals surface area contributed by atoms with Crippen molar-refractivity contribution in [1.82, 2.24) is 15.5 Å². The number of hydrogen-bond donors (Lipinski definition) is 2. The number of thioether (sulfide) groups is 1. The van der Waals surface area contributed by atoms with Crippen molar-refractivity contribution in [3.05, 3.63) is 64.8 Å². The van der Waals surface area contributed by atoms with Crippen LogP contribution < -0.4 is 15.4 Å². The maximum absolute atomic E-state index is 13.6. The van der Waals surface area contributed by atoms with Gasteiger partial charge in [0, 0.05) is 5.02 Å². The lowest BCUT2D eigenvalue weighted by molar-refractivity contribution is -0.113. The highest BCUT2D eigenvalue weighted by Gasteiger charge is 2.14. The van der Waals surface area contributed by atoms with E-state index in [0.717, 1.165) is 11.8 Å². The second kappa shape index (κ2) is 10.1. The first kappa shape index (κ1) is 21.6. The standard InChI is InChI=1S/C19H16ClFN4O4S/c1-28-15-7-6-11(20)8-14(15)23-16(26)10-30-19-25-24-17(29-19)9-22-18(27)12-4-2-3-5-13(12)21/h2-8H,9-10H2,1H3,(H,22,27)(H,23,26). The molecule has 3 rings (SSSR count). The molecule has 0 unspecified atom stereocenters. The molecule has 0 atom stereocenters. The van der Waals surface area contributed by atoms with Crippen molar-refractivity contribution >= 4 is 40.9 Å². The highest BCUT2D eigenvalue weighted by molar-refractivity contribution is 7.99. The number of benzene rings is 2. The third kappa shape index (κ3) is 5.71. The molecule has 2 aromatic carbocycles. The van der Waals surface area contributed by atoms with Crippen molar-refractivity contribution < 1.29 is 23.1 Å². The van der Waals surface area contributed by atoms with Crippen LogP contribution >= 0.6 is 23.4 Å². The lowest BCUT2D eigenvalue weighted by atomic mass is 10.2. The predicted molar refractivity (Wildman–Crippen MR) is 109 cm³/mol. The summed E-state index contributed by atoms with van der Waals surface area (Å²) in [5, 5.41) is 13.4. The number of carbonyl (C=O) groups is 2. The summed E-state index contributed by atoms with van der Waals surface area (Å²) in [5.74, 6) is -0.955. The third-order valence-electron chi connectivity index (χ3n) is 3.73. The maximum atomic E-state index is 13.6. The predicted octanol–water partition coefficient (Wildman–Crippen LogP) is 3.53. The van der Waals surface area contributed by atoms with Gasteiger partial charge < -0.3 is 19.8 Å². The summed E-state index contributed by atoms with van der Waals surface area (Å²) in [6.07, 6.45) is 0. The normalized spacial score (nSPS) is 10.5. The molecule has 0 saturated heterocycles. The van der Waals surface area contributed by atoms with Crippen LogP contribution in [-0.4, -0.2) is 34.9 Å². The zero-order valence-electron chi connectivity index (χ0n) is 15.6. The van der Waals surface area contributed by atoms with Crippen LogP contribution in [0.4, 0.5) is 10.1 Å². The Hall–Kier alpha value is -3.11. The molecule has 1 aromatic heterocycles. The Balaban J connectivity index is 1.50. The van der Waals surface area contributed by atoms with Crippen LogP contribution in [0.3, 0.4) is 0 Å². The number of hydrogen-bond acceptors (Lipinski definition) is 7. The van der Waals surface area contributed by atoms with Gasteiger partial charge in [-0.15, -0.1) is 10.2 Å². The first-order valence-electron chi connectivity index (χ1n) is 8.57.